The van der Waals surface area contributed by atoms with Crippen molar-refractivity contribution in [3.63, 3.8) is 0 Å². The Labute approximate surface area is 204 Å². The lowest BCUT2D eigenvalue weighted by molar-refractivity contribution is -0.146. The number of carbonyl (C=O) groups excluding carboxylic acids is 2. The van der Waals surface area contributed by atoms with E-state index >= 15 is 0 Å². The van der Waals surface area contributed by atoms with Crippen LogP contribution >= 0.6 is 35.6 Å². The fraction of sp³-hybridized carbons (Fsp3) is 0.182. The third-order valence-electron chi connectivity index (χ3n) is 4.61. The van der Waals surface area contributed by atoms with Crippen molar-refractivity contribution in [3.8, 4) is 11.5 Å². The zero-order chi connectivity index (χ0) is 24.1. The summed E-state index contributed by atoms with van der Waals surface area (Å²) in [4.78, 5) is 36.7. The Kier molecular flexibility index (Phi) is 7.96. The summed E-state index contributed by atoms with van der Waals surface area (Å²) in [7, 11) is 1.50. The predicted molar refractivity (Wildman–Crippen MR) is 129 cm³/mol. The smallest absolute Gasteiger partial charge is 0.327 e. The first-order valence-electron chi connectivity index (χ1n) is 9.53. The van der Waals surface area contributed by atoms with Crippen molar-refractivity contribution < 1.29 is 29.0 Å². The summed E-state index contributed by atoms with van der Waals surface area (Å²) < 4.78 is 11.3. The van der Waals surface area contributed by atoms with Gasteiger partial charge in [0.15, 0.2) is 11.5 Å². The normalized spacial score (nSPS) is 15.6. The molecule has 1 saturated heterocycles. The Morgan fingerprint density at radius 2 is 1.94 bits per heavy atom. The fourth-order valence-corrected chi connectivity index (χ4v) is 4.50. The Morgan fingerprint density at radius 3 is 2.55 bits per heavy atom. The molecular formula is C22H19ClN2O6S2. The van der Waals surface area contributed by atoms with E-state index in [1.54, 1.807) is 36.4 Å². The van der Waals surface area contributed by atoms with Crippen LogP contribution in [0.15, 0.2) is 47.4 Å². The van der Waals surface area contributed by atoms with Gasteiger partial charge >= 0.3 is 5.97 Å². The van der Waals surface area contributed by atoms with Crippen LogP contribution in [-0.2, 0) is 21.0 Å². The van der Waals surface area contributed by atoms with E-state index < -0.39 is 30.2 Å². The van der Waals surface area contributed by atoms with Crippen molar-refractivity contribution >= 4 is 63.8 Å². The van der Waals surface area contributed by atoms with Gasteiger partial charge in [-0.15, -0.1) is 0 Å². The number of thioether (sulfide) groups is 1. The number of rotatable bonds is 9. The number of hydrogen-bond donors (Lipinski definition) is 2. The molecule has 2 aromatic rings. The van der Waals surface area contributed by atoms with Crippen LogP contribution in [0.2, 0.25) is 5.02 Å². The standard InChI is InChI=1S/C22H19ClN2O6S2/c1-30-17-8-13(4-7-16(17)31-11-12-2-5-14(23)6-3-12)9-18-20(27)25(22(32)33-18)15(21(28)29)10-19(24)26/h2-9,15H,10-11H2,1H3,(H2,24,26)(H,28,29)/b18-9-. The summed E-state index contributed by atoms with van der Waals surface area (Å²) in [5.41, 5.74) is 6.67. The molecule has 172 valence electrons. The van der Waals surface area contributed by atoms with Crippen molar-refractivity contribution in [2.45, 2.75) is 19.1 Å². The van der Waals surface area contributed by atoms with Crippen LogP contribution in [0.5, 0.6) is 11.5 Å². The number of carbonyl (C=O) groups is 3. The molecule has 8 nitrogen and oxygen atoms in total. The van der Waals surface area contributed by atoms with E-state index in [1.165, 1.54) is 7.11 Å². The number of nitrogens with zero attached hydrogens (tertiary/aromatic N) is 1. The second kappa shape index (κ2) is 10.7. The van der Waals surface area contributed by atoms with Crippen LogP contribution in [0.25, 0.3) is 6.08 Å². The number of ether oxygens (including phenoxy) is 2. The molecule has 1 atom stereocenters. The third-order valence-corrected chi connectivity index (χ3v) is 6.19. The second-order valence-corrected chi connectivity index (χ2v) is 9.01. The first-order chi connectivity index (χ1) is 15.7. The number of primary amides is 1. The summed E-state index contributed by atoms with van der Waals surface area (Å²) in [5, 5.41) is 10.0. The van der Waals surface area contributed by atoms with Gasteiger partial charge in [0, 0.05) is 5.02 Å². The van der Waals surface area contributed by atoms with Gasteiger partial charge in [-0.05, 0) is 41.5 Å². The fourth-order valence-electron chi connectivity index (χ4n) is 3.01. The van der Waals surface area contributed by atoms with Crippen LogP contribution in [0.3, 0.4) is 0 Å². The Morgan fingerprint density at radius 1 is 1.24 bits per heavy atom. The van der Waals surface area contributed by atoms with Crippen molar-refractivity contribution in [3.05, 3.63) is 63.5 Å². The number of nitrogens with two attached hydrogens (primary N) is 1. The predicted octanol–water partition coefficient (Wildman–Crippen LogP) is 3.46. The maximum Gasteiger partial charge on any atom is 0.327 e. The van der Waals surface area contributed by atoms with Crippen molar-refractivity contribution in [1.29, 1.82) is 0 Å². The molecule has 1 unspecified atom stereocenters. The van der Waals surface area contributed by atoms with Gasteiger partial charge in [-0.25, -0.2) is 4.79 Å². The molecule has 3 N–H and O–H groups in total. The van der Waals surface area contributed by atoms with Gasteiger partial charge in [0.1, 0.15) is 17.0 Å². The van der Waals surface area contributed by atoms with Crippen molar-refractivity contribution in [1.82, 2.24) is 4.90 Å². The average Bonchev–Trinajstić information content (AvgIpc) is 3.04. The lowest BCUT2D eigenvalue weighted by Gasteiger charge is -2.21. The molecule has 0 saturated carbocycles. The highest BCUT2D eigenvalue weighted by molar-refractivity contribution is 8.26. The molecule has 1 heterocycles. The Hall–Kier alpha value is -3.08. The number of thiocarbonyl (C=S) groups is 1. The van der Waals surface area contributed by atoms with Gasteiger partial charge < -0.3 is 20.3 Å². The van der Waals surface area contributed by atoms with E-state index in [0.717, 1.165) is 22.2 Å². The second-order valence-electron chi connectivity index (χ2n) is 6.90. The maximum absolute atomic E-state index is 12.8. The van der Waals surface area contributed by atoms with Crippen molar-refractivity contribution in [2.75, 3.05) is 7.11 Å². The molecule has 1 aliphatic rings. The van der Waals surface area contributed by atoms with E-state index in [4.69, 9.17) is 39.0 Å². The van der Waals surface area contributed by atoms with Crippen LogP contribution in [0.1, 0.15) is 17.5 Å². The molecule has 0 radical (unpaired) electrons. The SMILES string of the molecule is COc1cc(/C=C2\SC(=S)N(C(CC(N)=O)C(=O)O)C2=O)ccc1OCc1ccc(Cl)cc1. The number of amides is 2. The lowest BCUT2D eigenvalue weighted by Crippen LogP contribution is -2.46. The molecule has 2 amide bonds. The minimum atomic E-state index is -1.46. The number of benzene rings is 2. The largest absolute Gasteiger partial charge is 0.493 e. The number of hydrogen-bond acceptors (Lipinski definition) is 7. The molecule has 2 aromatic carbocycles. The number of halogens is 1. The maximum atomic E-state index is 12.8. The van der Waals surface area contributed by atoms with Crippen molar-refractivity contribution in [2.24, 2.45) is 5.73 Å². The quantitative estimate of drug-likeness (QED) is 0.392. The van der Waals surface area contributed by atoms with E-state index in [9.17, 15) is 19.5 Å². The molecule has 33 heavy (non-hydrogen) atoms. The van der Waals surface area contributed by atoms with Crippen LogP contribution < -0.4 is 15.2 Å². The Bertz CT molecular complexity index is 1140. The third kappa shape index (κ3) is 6.04. The van der Waals surface area contributed by atoms with Crippen LogP contribution in [0.4, 0.5) is 0 Å². The highest BCUT2D eigenvalue weighted by Crippen LogP contribution is 2.36. The average molecular weight is 507 g/mol. The number of carboxylic acids is 1. The van der Waals surface area contributed by atoms with Gasteiger partial charge in [0.2, 0.25) is 5.91 Å². The molecular weight excluding hydrogens is 488 g/mol. The topological polar surface area (TPSA) is 119 Å². The molecule has 11 heteroatoms. The van der Waals surface area contributed by atoms with Gasteiger partial charge in [-0.1, -0.05) is 53.8 Å². The molecule has 0 aliphatic carbocycles. The molecule has 3 rings (SSSR count). The summed E-state index contributed by atoms with van der Waals surface area (Å²) in [6.45, 7) is 0.308. The number of aliphatic carboxylic acids is 1. The summed E-state index contributed by atoms with van der Waals surface area (Å²) in [5.74, 6) is -1.87. The molecule has 1 fully saturated rings. The first kappa shape index (κ1) is 24.6. The molecule has 0 aromatic heterocycles. The molecule has 0 spiro atoms. The summed E-state index contributed by atoms with van der Waals surface area (Å²) in [6.07, 6.45) is 1.02. The Balaban J connectivity index is 1.79. The zero-order valence-electron chi connectivity index (χ0n) is 17.3. The summed E-state index contributed by atoms with van der Waals surface area (Å²) in [6, 6.07) is 10.9. The minimum absolute atomic E-state index is 0.0368. The van der Waals surface area contributed by atoms with E-state index in [-0.39, 0.29) is 9.23 Å². The van der Waals surface area contributed by atoms with E-state index in [2.05, 4.69) is 0 Å². The highest BCUT2D eigenvalue weighted by Gasteiger charge is 2.41. The van der Waals surface area contributed by atoms with Gasteiger partial charge in [-0.3, -0.25) is 14.5 Å². The minimum Gasteiger partial charge on any atom is -0.493 e. The van der Waals surface area contributed by atoms with Crippen LogP contribution in [-0.4, -0.2) is 45.3 Å². The van der Waals surface area contributed by atoms with E-state index in [0.29, 0.717) is 28.7 Å². The summed E-state index contributed by atoms with van der Waals surface area (Å²) >= 11 is 12.0. The number of methoxy groups -OCH3 is 1. The van der Waals surface area contributed by atoms with Gasteiger partial charge in [0.25, 0.3) is 5.91 Å². The van der Waals surface area contributed by atoms with Gasteiger partial charge in [-0.2, -0.15) is 0 Å². The highest BCUT2D eigenvalue weighted by atomic mass is 35.5. The monoisotopic (exact) mass is 506 g/mol. The van der Waals surface area contributed by atoms with Crippen LogP contribution in [0, 0.1) is 0 Å². The van der Waals surface area contributed by atoms with E-state index in [1.807, 2.05) is 12.1 Å². The zero-order valence-corrected chi connectivity index (χ0v) is 19.7. The molecule has 0 bridgehead atoms. The van der Waals surface area contributed by atoms with Gasteiger partial charge in [0.05, 0.1) is 18.4 Å². The lowest BCUT2D eigenvalue weighted by atomic mass is 10.1. The number of carboxylic acid groups (broad SMARTS) is 1. The molecule has 1 aliphatic heterocycles. The first-order valence-corrected chi connectivity index (χ1v) is 11.1.